The van der Waals surface area contributed by atoms with Gasteiger partial charge in [-0.1, -0.05) is 41.5 Å². The zero-order chi connectivity index (χ0) is 50.7. The van der Waals surface area contributed by atoms with Crippen molar-refractivity contribution in [2.45, 2.75) is 244 Å². The smallest absolute Gasteiger partial charge is 0.101 e. The van der Waals surface area contributed by atoms with Gasteiger partial charge in [0.25, 0.3) is 0 Å². The molecular formula is C59H108O12. The van der Waals surface area contributed by atoms with E-state index in [1.165, 1.54) is 77.0 Å². The van der Waals surface area contributed by atoms with E-state index in [9.17, 15) is 10.2 Å². The van der Waals surface area contributed by atoms with Gasteiger partial charge in [-0.25, -0.2) is 0 Å². The Morgan fingerprint density at radius 2 is 0.507 bits per heavy atom. The third kappa shape index (κ3) is 18.9. The lowest BCUT2D eigenvalue weighted by Gasteiger charge is -2.46. The van der Waals surface area contributed by atoms with Gasteiger partial charge >= 0.3 is 0 Å². The lowest BCUT2D eigenvalue weighted by molar-refractivity contribution is -0.0833. The van der Waals surface area contributed by atoms with Crippen LogP contribution in [0.3, 0.4) is 0 Å². The minimum atomic E-state index is -0.621. The second-order valence-electron chi connectivity index (χ2n) is 25.4. The van der Waals surface area contributed by atoms with Gasteiger partial charge in [-0.05, 0) is 206 Å². The predicted molar refractivity (Wildman–Crippen MR) is 279 cm³/mol. The van der Waals surface area contributed by atoms with E-state index < -0.39 is 12.2 Å². The molecule has 0 amide bonds. The Balaban J connectivity index is 0.728. The molecular weight excluding hydrogens is 901 g/mol. The number of rotatable bonds is 30. The Kier molecular flexibility index (Phi) is 25.6. The van der Waals surface area contributed by atoms with Crippen molar-refractivity contribution in [3.8, 4) is 0 Å². The van der Waals surface area contributed by atoms with Crippen LogP contribution >= 0.6 is 0 Å². The van der Waals surface area contributed by atoms with Gasteiger partial charge in [-0.2, -0.15) is 0 Å². The largest absolute Gasteiger partial charge is 0.394 e. The Hall–Kier alpha value is -0.480. The minimum absolute atomic E-state index is 0.113. The standard InChI is InChI=1S/C59H108O12/c1-57(2,43-7-19-51(20-8-43)66-33-31-60)45-11-23-53(24-12-45)68-37-35-64-39-49(62)41-70-55-27-15-47(16-28-55)59(5,6)48-17-29-56(30-18-48)71-42-50(63)40-65-36-38-69-54-25-13-46(14-26-54)58(3,4)44-9-21-52(22-10-44)67-34-32-61/h43-56,60-63H,7-42H2,1-6H3. The summed E-state index contributed by atoms with van der Waals surface area (Å²) in [5.41, 5.74) is 0.934. The van der Waals surface area contributed by atoms with Gasteiger partial charge in [0.1, 0.15) is 12.2 Å². The van der Waals surface area contributed by atoms with Crippen molar-refractivity contribution >= 4 is 0 Å². The van der Waals surface area contributed by atoms with Crippen LogP contribution in [0.5, 0.6) is 0 Å². The second kappa shape index (κ2) is 30.5. The molecule has 0 spiro atoms. The van der Waals surface area contributed by atoms with E-state index in [1.54, 1.807) is 0 Å². The van der Waals surface area contributed by atoms with Crippen molar-refractivity contribution in [1.29, 1.82) is 0 Å². The van der Waals surface area contributed by atoms with Crippen LogP contribution in [0.1, 0.15) is 196 Å². The summed E-state index contributed by atoms with van der Waals surface area (Å²) < 4.78 is 48.2. The highest BCUT2D eigenvalue weighted by molar-refractivity contribution is 4.94. The maximum absolute atomic E-state index is 10.7. The first kappa shape index (κ1) is 59.8. The molecule has 0 radical (unpaired) electrons. The van der Waals surface area contributed by atoms with Gasteiger partial charge < -0.3 is 58.3 Å². The van der Waals surface area contributed by atoms with E-state index >= 15 is 0 Å². The van der Waals surface area contributed by atoms with Crippen molar-refractivity contribution in [2.75, 3.05) is 79.3 Å². The van der Waals surface area contributed by atoms with Crippen LogP contribution in [-0.4, -0.2) is 149 Å². The van der Waals surface area contributed by atoms with Gasteiger partial charge in [0.05, 0.1) is 116 Å². The summed E-state index contributed by atoms with van der Waals surface area (Å²) >= 11 is 0. The summed E-state index contributed by atoms with van der Waals surface area (Å²) in [6, 6.07) is 0. The van der Waals surface area contributed by atoms with Crippen LogP contribution in [0.2, 0.25) is 0 Å². The maximum atomic E-state index is 10.7. The molecule has 6 saturated carbocycles. The molecule has 6 aliphatic carbocycles. The van der Waals surface area contributed by atoms with Gasteiger partial charge in [0.2, 0.25) is 0 Å². The Bertz CT molecular complexity index is 1280. The third-order valence-corrected chi connectivity index (χ3v) is 20.1. The van der Waals surface area contributed by atoms with Gasteiger partial charge in [-0.3, -0.25) is 0 Å². The van der Waals surface area contributed by atoms with Gasteiger partial charge in [-0.15, -0.1) is 0 Å². The molecule has 0 aliphatic heterocycles. The normalized spacial score (nSPS) is 33.7. The first-order valence-corrected chi connectivity index (χ1v) is 29.6. The Morgan fingerprint density at radius 3 is 0.732 bits per heavy atom. The first-order chi connectivity index (χ1) is 34.2. The summed E-state index contributed by atoms with van der Waals surface area (Å²) in [5.74, 6) is 4.31. The summed E-state index contributed by atoms with van der Waals surface area (Å²) in [6.45, 7) is 19.4. The van der Waals surface area contributed by atoms with Crippen molar-refractivity contribution < 1.29 is 58.3 Å². The number of hydrogen-bond donors (Lipinski definition) is 4. The van der Waals surface area contributed by atoms with Crippen LogP contribution in [0.4, 0.5) is 0 Å². The molecule has 0 bridgehead atoms. The summed E-state index contributed by atoms with van der Waals surface area (Å²) in [5, 5.41) is 39.5. The fourth-order valence-electron chi connectivity index (χ4n) is 14.9. The van der Waals surface area contributed by atoms with E-state index in [0.717, 1.165) is 101 Å². The zero-order valence-corrected chi connectivity index (χ0v) is 46.1. The number of aliphatic hydroxyl groups is 4. The molecule has 0 saturated heterocycles. The summed E-state index contributed by atoms with van der Waals surface area (Å²) in [7, 11) is 0. The van der Waals surface area contributed by atoms with E-state index in [2.05, 4.69) is 41.5 Å². The molecule has 2 unspecified atom stereocenters. The SMILES string of the molecule is CC(C)(C1CCC(OCCO)CC1)C1CCC(OCCOCC(O)COC2CCC(C(C)(C)C3CCC(OCC(O)COCCOC4CCC(C(C)(C)C5CCC(OCCO)CC5)CC4)CC3)CC2)CC1. The summed E-state index contributed by atoms with van der Waals surface area (Å²) in [4.78, 5) is 0. The molecule has 4 N–H and O–H groups in total. The molecule has 6 fully saturated rings. The number of hydrogen-bond acceptors (Lipinski definition) is 12. The Labute approximate surface area is 432 Å². The highest BCUT2D eigenvalue weighted by atomic mass is 16.5. The van der Waals surface area contributed by atoms with Crippen molar-refractivity contribution in [3.63, 3.8) is 0 Å². The van der Waals surface area contributed by atoms with Gasteiger partial charge in [0.15, 0.2) is 0 Å². The van der Waals surface area contributed by atoms with E-state index in [-0.39, 0.29) is 44.1 Å². The average molecular weight is 1010 g/mol. The monoisotopic (exact) mass is 1010 g/mol. The number of ether oxygens (including phenoxy) is 8. The van der Waals surface area contributed by atoms with Crippen molar-refractivity contribution in [3.05, 3.63) is 0 Å². The summed E-state index contributed by atoms with van der Waals surface area (Å²) in [6.07, 6.45) is 28.0. The fraction of sp³-hybridized carbons (Fsp3) is 1.00. The third-order valence-electron chi connectivity index (χ3n) is 20.1. The highest BCUT2D eigenvalue weighted by Gasteiger charge is 2.44. The zero-order valence-electron chi connectivity index (χ0n) is 46.1. The quantitative estimate of drug-likeness (QED) is 0.0507. The van der Waals surface area contributed by atoms with E-state index in [4.69, 9.17) is 48.1 Å². The molecule has 12 heteroatoms. The molecule has 2 atom stereocenters. The van der Waals surface area contributed by atoms with Crippen LogP contribution in [0.25, 0.3) is 0 Å². The van der Waals surface area contributed by atoms with Crippen molar-refractivity contribution in [1.82, 2.24) is 0 Å². The van der Waals surface area contributed by atoms with Gasteiger partial charge in [0, 0.05) is 0 Å². The molecule has 416 valence electrons. The minimum Gasteiger partial charge on any atom is -0.394 e. The van der Waals surface area contributed by atoms with Crippen LogP contribution in [0.15, 0.2) is 0 Å². The average Bonchev–Trinajstić information content (AvgIpc) is 3.39. The fourth-order valence-corrected chi connectivity index (χ4v) is 14.9. The maximum Gasteiger partial charge on any atom is 0.101 e. The molecule has 71 heavy (non-hydrogen) atoms. The Morgan fingerprint density at radius 1 is 0.296 bits per heavy atom. The number of aliphatic hydroxyl groups excluding tert-OH is 4. The second-order valence-corrected chi connectivity index (χ2v) is 25.4. The van der Waals surface area contributed by atoms with Crippen LogP contribution in [0, 0.1) is 51.8 Å². The molecule has 0 heterocycles. The van der Waals surface area contributed by atoms with E-state index in [0.29, 0.717) is 99.9 Å². The van der Waals surface area contributed by atoms with E-state index in [1.807, 2.05) is 0 Å². The predicted octanol–water partition coefficient (Wildman–Crippen LogP) is 10.3. The lowest BCUT2D eigenvalue weighted by atomic mass is 9.60. The molecule has 0 aromatic carbocycles. The van der Waals surface area contributed by atoms with Crippen molar-refractivity contribution in [2.24, 2.45) is 51.8 Å². The first-order valence-electron chi connectivity index (χ1n) is 29.6. The lowest BCUT2D eigenvalue weighted by Crippen LogP contribution is -2.39. The van der Waals surface area contributed by atoms with Crippen LogP contribution < -0.4 is 0 Å². The molecule has 0 aromatic rings. The molecule has 6 aliphatic rings. The highest BCUT2D eigenvalue weighted by Crippen LogP contribution is 2.51. The molecule has 12 nitrogen and oxygen atoms in total. The van der Waals surface area contributed by atoms with Crippen LogP contribution in [-0.2, 0) is 37.9 Å². The topological polar surface area (TPSA) is 155 Å². The molecule has 0 aromatic heterocycles. The molecule has 6 rings (SSSR count).